The van der Waals surface area contributed by atoms with Gasteiger partial charge in [0.15, 0.2) is 0 Å². The van der Waals surface area contributed by atoms with Gasteiger partial charge in [-0.25, -0.2) is 0 Å². The van der Waals surface area contributed by atoms with Gasteiger partial charge in [0.25, 0.3) is 0 Å². The molecule has 0 radical (unpaired) electrons. The third-order valence-corrected chi connectivity index (χ3v) is 5.08. The summed E-state index contributed by atoms with van der Waals surface area (Å²) in [5.41, 5.74) is 11.3. The Bertz CT molecular complexity index is 637. The molecule has 2 aromatic carbocycles. The van der Waals surface area contributed by atoms with E-state index in [-0.39, 0.29) is 0 Å². The first-order valence-electron chi connectivity index (χ1n) is 6.75. The van der Waals surface area contributed by atoms with Crippen molar-refractivity contribution in [2.45, 2.75) is 36.4 Å². The second-order valence-corrected chi connectivity index (χ2v) is 6.65. The van der Waals surface area contributed by atoms with Crippen LogP contribution in [0.2, 0.25) is 5.82 Å². The van der Waals surface area contributed by atoms with Crippen molar-refractivity contribution in [3.05, 3.63) is 42.0 Å². The number of rotatable bonds is 1. The zero-order chi connectivity index (χ0) is 13.6. The zero-order valence-electron chi connectivity index (χ0n) is 11.6. The average molecular weight is 267 g/mol. The Morgan fingerprint density at radius 2 is 1.79 bits per heavy atom. The summed E-state index contributed by atoms with van der Waals surface area (Å²) in [7, 11) is 0. The summed E-state index contributed by atoms with van der Waals surface area (Å²) < 4.78 is 0. The van der Waals surface area contributed by atoms with E-state index in [0.717, 1.165) is 5.69 Å². The number of benzene rings is 2. The summed E-state index contributed by atoms with van der Waals surface area (Å²) in [4.78, 5) is 2.69. The lowest BCUT2D eigenvalue weighted by Crippen LogP contribution is -2.49. The molecule has 0 atom stereocenters. The highest BCUT2D eigenvalue weighted by Crippen LogP contribution is 2.34. The monoisotopic (exact) mass is 267 g/mol. The van der Waals surface area contributed by atoms with E-state index in [1.54, 1.807) is 0 Å². The lowest BCUT2D eigenvalue weighted by Gasteiger charge is -2.30. The van der Waals surface area contributed by atoms with E-state index < -0.39 is 0 Å². The van der Waals surface area contributed by atoms with Crippen molar-refractivity contribution in [3.8, 4) is 0 Å². The summed E-state index contributed by atoms with van der Waals surface area (Å²) in [5.74, 6) is 0.546. The highest BCUT2D eigenvalue weighted by molar-refractivity contribution is 8.00. The maximum absolute atomic E-state index is 6.38. The lowest BCUT2D eigenvalue weighted by molar-refractivity contribution is 1.05. The Labute approximate surface area is 119 Å². The normalized spacial score (nSPS) is 13.4. The van der Waals surface area contributed by atoms with Gasteiger partial charge in [0.1, 0.15) is 0 Å². The molecule has 3 heteroatoms. The molecule has 1 aliphatic heterocycles. The van der Waals surface area contributed by atoms with Crippen LogP contribution in [0.1, 0.15) is 19.4 Å². The average Bonchev–Trinajstić information content (AvgIpc) is 2.40. The minimum absolute atomic E-state index is 0.410. The van der Waals surface area contributed by atoms with Crippen molar-refractivity contribution in [1.29, 1.82) is 0 Å². The third kappa shape index (κ3) is 1.97. The van der Waals surface area contributed by atoms with Crippen LogP contribution in [0.5, 0.6) is 0 Å². The number of hydrogen-bond acceptors (Lipinski definition) is 2. The van der Waals surface area contributed by atoms with Crippen LogP contribution >= 0.6 is 11.8 Å². The second kappa shape index (κ2) is 4.64. The number of nitrogens with two attached hydrogens (primary N) is 1. The topological polar surface area (TPSA) is 26.0 Å². The fourth-order valence-electron chi connectivity index (χ4n) is 2.93. The third-order valence-electron chi connectivity index (χ3n) is 3.92. The van der Waals surface area contributed by atoms with E-state index in [4.69, 9.17) is 5.73 Å². The molecule has 1 nitrogen and oxygen atoms in total. The van der Waals surface area contributed by atoms with Gasteiger partial charge >= 0.3 is 0 Å². The van der Waals surface area contributed by atoms with Crippen LogP contribution in [0, 0.1) is 6.92 Å². The molecule has 19 heavy (non-hydrogen) atoms. The summed E-state index contributed by atoms with van der Waals surface area (Å²) in [6.45, 7) is 7.07. The maximum atomic E-state index is 6.38. The van der Waals surface area contributed by atoms with Crippen molar-refractivity contribution < 1.29 is 0 Å². The first-order valence-corrected chi connectivity index (χ1v) is 7.57. The minimum atomic E-state index is 0.410. The molecule has 0 saturated heterocycles. The van der Waals surface area contributed by atoms with Gasteiger partial charge in [-0.15, -0.1) is 0 Å². The molecule has 0 aliphatic carbocycles. The first-order chi connectivity index (χ1) is 9.09. The fraction of sp³-hybridized carbons (Fsp3) is 0.250. The SMILES string of the molecule is Cc1ccc2c(c1N)B(C(C)C)c1ccccc1S2. The maximum Gasteiger partial charge on any atom is 0.217 e. The van der Waals surface area contributed by atoms with Crippen LogP contribution in [0.25, 0.3) is 0 Å². The Kier molecular flexibility index (Phi) is 3.10. The van der Waals surface area contributed by atoms with Gasteiger partial charge in [0.2, 0.25) is 6.71 Å². The van der Waals surface area contributed by atoms with Crippen molar-refractivity contribution in [1.82, 2.24) is 0 Å². The molecule has 0 bridgehead atoms. The van der Waals surface area contributed by atoms with Crippen LogP contribution in [-0.4, -0.2) is 6.71 Å². The molecule has 0 spiro atoms. The quantitative estimate of drug-likeness (QED) is 0.634. The molecular formula is C16H18BNS. The highest BCUT2D eigenvalue weighted by atomic mass is 32.2. The van der Waals surface area contributed by atoms with Gasteiger partial charge in [-0.05, 0) is 30.1 Å². The number of nitrogen functional groups attached to an aromatic ring is 1. The minimum Gasteiger partial charge on any atom is -0.399 e. The summed E-state index contributed by atoms with van der Waals surface area (Å²) in [6.07, 6.45) is 0. The molecule has 2 aromatic rings. The molecule has 0 amide bonds. The Hall–Kier alpha value is -1.35. The van der Waals surface area contributed by atoms with E-state index in [2.05, 4.69) is 57.2 Å². The van der Waals surface area contributed by atoms with Gasteiger partial charge in [0, 0.05) is 15.5 Å². The highest BCUT2D eigenvalue weighted by Gasteiger charge is 2.33. The first kappa shape index (κ1) is 12.7. The van der Waals surface area contributed by atoms with E-state index >= 15 is 0 Å². The van der Waals surface area contributed by atoms with Gasteiger partial charge in [-0.1, -0.05) is 61.2 Å². The molecule has 3 rings (SSSR count). The lowest BCUT2D eigenvalue weighted by atomic mass is 9.34. The Morgan fingerprint density at radius 1 is 1.05 bits per heavy atom. The molecule has 1 heterocycles. The summed E-state index contributed by atoms with van der Waals surface area (Å²) in [5, 5.41) is 0. The smallest absolute Gasteiger partial charge is 0.217 e. The zero-order valence-corrected chi connectivity index (χ0v) is 12.4. The number of anilines is 1. The largest absolute Gasteiger partial charge is 0.399 e. The van der Waals surface area contributed by atoms with Gasteiger partial charge in [-0.3, -0.25) is 0 Å². The van der Waals surface area contributed by atoms with E-state index in [1.807, 2.05) is 11.8 Å². The van der Waals surface area contributed by atoms with E-state index in [9.17, 15) is 0 Å². The predicted octanol–water partition coefficient (Wildman–Crippen LogP) is 3.06. The molecule has 2 N–H and O–H groups in total. The van der Waals surface area contributed by atoms with Gasteiger partial charge in [0.05, 0.1) is 0 Å². The van der Waals surface area contributed by atoms with Crippen LogP contribution < -0.4 is 16.7 Å². The van der Waals surface area contributed by atoms with Crippen molar-refractivity contribution in [3.63, 3.8) is 0 Å². The predicted molar refractivity (Wildman–Crippen MR) is 86.3 cm³/mol. The van der Waals surface area contributed by atoms with E-state index in [1.165, 1.54) is 26.3 Å². The number of fused-ring (bicyclic) bond motifs is 2. The summed E-state index contributed by atoms with van der Waals surface area (Å²) in [6, 6.07) is 13.1. The van der Waals surface area contributed by atoms with Crippen LogP contribution in [0.15, 0.2) is 46.2 Å². The Morgan fingerprint density at radius 3 is 2.53 bits per heavy atom. The van der Waals surface area contributed by atoms with Crippen molar-refractivity contribution >= 4 is 35.1 Å². The molecule has 1 aliphatic rings. The van der Waals surface area contributed by atoms with Gasteiger partial charge < -0.3 is 5.73 Å². The van der Waals surface area contributed by atoms with Crippen LogP contribution in [0.3, 0.4) is 0 Å². The van der Waals surface area contributed by atoms with E-state index in [0.29, 0.717) is 12.5 Å². The molecule has 0 aromatic heterocycles. The standard InChI is InChI=1S/C16H18BNS/c1-10(2)17-12-6-4-5-7-13(12)19-14-9-8-11(3)16(18)15(14)17/h4-10H,18H2,1-3H3. The molecule has 0 saturated carbocycles. The molecule has 96 valence electrons. The fourth-order valence-corrected chi connectivity index (χ4v) is 4.11. The van der Waals surface area contributed by atoms with Crippen molar-refractivity contribution in [2.24, 2.45) is 0 Å². The number of hydrogen-bond donors (Lipinski definition) is 1. The number of aryl methyl sites for hydroxylation is 1. The van der Waals surface area contributed by atoms with Crippen LogP contribution in [0.4, 0.5) is 5.69 Å². The Balaban J connectivity index is 2.27. The van der Waals surface area contributed by atoms with Crippen LogP contribution in [-0.2, 0) is 0 Å². The molecule has 0 unspecified atom stereocenters. The second-order valence-electron chi connectivity index (χ2n) is 5.57. The summed E-state index contributed by atoms with van der Waals surface area (Å²) >= 11 is 1.85. The molecular weight excluding hydrogens is 249 g/mol. The van der Waals surface area contributed by atoms with Gasteiger partial charge in [-0.2, -0.15) is 0 Å². The van der Waals surface area contributed by atoms with Crippen molar-refractivity contribution in [2.75, 3.05) is 5.73 Å². The molecule has 0 fully saturated rings.